The summed E-state index contributed by atoms with van der Waals surface area (Å²) in [6.45, 7) is 6.60. The number of nitrogens with one attached hydrogen (secondary N) is 1. The van der Waals surface area contributed by atoms with E-state index in [2.05, 4.69) is 17.4 Å². The third-order valence-corrected chi connectivity index (χ3v) is 5.42. The molecule has 0 spiro atoms. The highest BCUT2D eigenvalue weighted by Crippen LogP contribution is 2.28. The lowest BCUT2D eigenvalue weighted by Crippen LogP contribution is -2.15. The highest BCUT2D eigenvalue weighted by Gasteiger charge is 2.16. The van der Waals surface area contributed by atoms with Crippen LogP contribution in [-0.4, -0.2) is 23.6 Å². The van der Waals surface area contributed by atoms with Crippen molar-refractivity contribution in [1.82, 2.24) is 0 Å². The van der Waals surface area contributed by atoms with Crippen molar-refractivity contribution in [2.45, 2.75) is 40.2 Å². The Bertz CT molecular complexity index is 1120. The zero-order valence-electron chi connectivity index (χ0n) is 19.2. The van der Waals surface area contributed by atoms with Crippen molar-refractivity contribution in [2.75, 3.05) is 11.9 Å². The number of carboxylic acid groups (broad SMARTS) is 1. The Morgan fingerprint density at radius 2 is 1.58 bits per heavy atom. The van der Waals surface area contributed by atoms with Gasteiger partial charge in [-0.3, -0.25) is 9.59 Å². The maximum Gasteiger partial charge on any atom is 0.303 e. The van der Waals surface area contributed by atoms with Gasteiger partial charge in [0.05, 0.1) is 12.3 Å². The van der Waals surface area contributed by atoms with Gasteiger partial charge >= 0.3 is 5.97 Å². The highest BCUT2D eigenvalue weighted by atomic mass is 16.5. The first-order chi connectivity index (χ1) is 15.8. The van der Waals surface area contributed by atoms with Crippen LogP contribution in [-0.2, 0) is 11.4 Å². The summed E-state index contributed by atoms with van der Waals surface area (Å²) in [5, 5.41) is 11.7. The number of anilines is 1. The number of rotatable bonds is 10. The minimum atomic E-state index is -0.864. The van der Waals surface area contributed by atoms with Crippen LogP contribution in [0.1, 0.15) is 45.5 Å². The van der Waals surface area contributed by atoms with Gasteiger partial charge in [0.25, 0.3) is 5.91 Å². The molecule has 0 fully saturated rings. The van der Waals surface area contributed by atoms with E-state index in [9.17, 15) is 9.59 Å². The van der Waals surface area contributed by atoms with Crippen molar-refractivity contribution in [1.29, 1.82) is 0 Å². The average molecular weight is 448 g/mol. The first kappa shape index (κ1) is 23.9. The van der Waals surface area contributed by atoms with Crippen LogP contribution in [0.4, 0.5) is 5.69 Å². The summed E-state index contributed by atoms with van der Waals surface area (Å²) >= 11 is 0. The number of carbonyl (C=O) groups is 2. The van der Waals surface area contributed by atoms with E-state index in [0.29, 0.717) is 30.0 Å². The standard InChI is InChI=1S/C27H29NO5/c1-18-10-12-21(13-11-18)17-33-24-15-14-22(19(2)20(24)3)27(31)28-23-7-4-5-8-25(23)32-16-6-9-26(29)30/h4-5,7-8,10-15H,6,9,16-17H2,1-3H3,(H,28,31)(H,29,30). The van der Waals surface area contributed by atoms with Crippen LogP contribution in [0.25, 0.3) is 0 Å². The Kier molecular flexibility index (Phi) is 8.08. The number of aryl methyl sites for hydroxylation is 1. The smallest absolute Gasteiger partial charge is 0.303 e. The molecule has 0 bridgehead atoms. The molecule has 0 unspecified atom stereocenters. The average Bonchev–Trinajstić information content (AvgIpc) is 2.79. The molecule has 1 amide bonds. The van der Waals surface area contributed by atoms with Crippen LogP contribution in [0, 0.1) is 20.8 Å². The Balaban J connectivity index is 1.67. The van der Waals surface area contributed by atoms with Crippen LogP contribution < -0.4 is 14.8 Å². The quantitative estimate of drug-likeness (QED) is 0.390. The summed E-state index contributed by atoms with van der Waals surface area (Å²) < 4.78 is 11.7. The minimum Gasteiger partial charge on any atom is -0.491 e. The fourth-order valence-electron chi connectivity index (χ4n) is 3.33. The number of aliphatic carboxylic acids is 1. The van der Waals surface area contributed by atoms with Crippen LogP contribution in [0.5, 0.6) is 11.5 Å². The number of hydrogen-bond acceptors (Lipinski definition) is 4. The second kappa shape index (κ2) is 11.2. The molecule has 2 N–H and O–H groups in total. The Hall–Kier alpha value is -3.80. The maximum atomic E-state index is 13.0. The zero-order valence-corrected chi connectivity index (χ0v) is 19.2. The van der Waals surface area contributed by atoms with Crippen molar-refractivity contribution in [3.05, 3.63) is 88.5 Å². The van der Waals surface area contributed by atoms with Gasteiger partial charge in [-0.2, -0.15) is 0 Å². The third-order valence-electron chi connectivity index (χ3n) is 5.42. The van der Waals surface area contributed by atoms with Crippen molar-refractivity contribution >= 4 is 17.6 Å². The SMILES string of the molecule is Cc1ccc(COc2ccc(C(=O)Nc3ccccc3OCCCC(=O)O)c(C)c2C)cc1. The van der Waals surface area contributed by atoms with Gasteiger partial charge in [-0.15, -0.1) is 0 Å². The molecule has 0 aliphatic heterocycles. The van der Waals surface area contributed by atoms with E-state index >= 15 is 0 Å². The molecule has 6 nitrogen and oxygen atoms in total. The summed E-state index contributed by atoms with van der Waals surface area (Å²) in [5.41, 5.74) is 5.12. The van der Waals surface area contributed by atoms with Crippen molar-refractivity contribution in [2.24, 2.45) is 0 Å². The Labute approximate surface area is 194 Å². The summed E-state index contributed by atoms with van der Waals surface area (Å²) in [6, 6.07) is 18.9. The lowest BCUT2D eigenvalue weighted by Gasteiger charge is -2.16. The predicted octanol–water partition coefficient (Wildman–Crippen LogP) is 5.69. The number of carboxylic acids is 1. The fourth-order valence-corrected chi connectivity index (χ4v) is 3.33. The molecular formula is C27H29NO5. The van der Waals surface area contributed by atoms with Gasteiger partial charge in [0.1, 0.15) is 18.1 Å². The van der Waals surface area contributed by atoms with Crippen molar-refractivity contribution in [3.8, 4) is 11.5 Å². The van der Waals surface area contributed by atoms with Gasteiger partial charge in [0.15, 0.2) is 0 Å². The molecule has 0 atom stereocenters. The summed E-state index contributed by atoms with van der Waals surface area (Å²) in [5.74, 6) is 0.134. The minimum absolute atomic E-state index is 0.0331. The van der Waals surface area contributed by atoms with Crippen LogP contribution in [0.2, 0.25) is 0 Å². The maximum absolute atomic E-state index is 13.0. The number of ether oxygens (including phenoxy) is 2. The molecule has 3 rings (SSSR count). The lowest BCUT2D eigenvalue weighted by molar-refractivity contribution is -0.137. The second-order valence-electron chi connectivity index (χ2n) is 7.93. The van der Waals surface area contributed by atoms with E-state index < -0.39 is 5.97 Å². The van der Waals surface area contributed by atoms with Crippen molar-refractivity contribution < 1.29 is 24.2 Å². The van der Waals surface area contributed by atoms with Crippen LogP contribution in [0.15, 0.2) is 60.7 Å². The number of carbonyl (C=O) groups excluding carboxylic acids is 1. The van der Waals surface area contributed by atoms with Gasteiger partial charge in [0.2, 0.25) is 0 Å². The molecule has 0 aromatic heterocycles. The molecule has 0 radical (unpaired) electrons. The molecule has 6 heteroatoms. The topological polar surface area (TPSA) is 84.9 Å². The van der Waals surface area contributed by atoms with Gasteiger partial charge in [-0.05, 0) is 68.1 Å². The molecule has 3 aromatic rings. The Morgan fingerprint density at radius 3 is 2.30 bits per heavy atom. The number of hydrogen-bond donors (Lipinski definition) is 2. The summed E-state index contributed by atoms with van der Waals surface area (Å²) in [6.07, 6.45) is 0.422. The van der Waals surface area contributed by atoms with E-state index in [4.69, 9.17) is 14.6 Å². The van der Waals surface area contributed by atoms with E-state index in [0.717, 1.165) is 22.4 Å². The molecule has 172 valence electrons. The molecule has 0 aliphatic rings. The van der Waals surface area contributed by atoms with Gasteiger partial charge in [-0.1, -0.05) is 42.0 Å². The number of amides is 1. The lowest BCUT2D eigenvalue weighted by atomic mass is 10.0. The van der Waals surface area contributed by atoms with E-state index in [-0.39, 0.29) is 18.9 Å². The predicted molar refractivity (Wildman–Crippen MR) is 128 cm³/mol. The van der Waals surface area contributed by atoms with E-state index in [1.165, 1.54) is 5.56 Å². The molecule has 3 aromatic carbocycles. The van der Waals surface area contributed by atoms with E-state index in [1.807, 2.05) is 39.0 Å². The summed E-state index contributed by atoms with van der Waals surface area (Å²) in [7, 11) is 0. The van der Waals surface area contributed by atoms with E-state index in [1.54, 1.807) is 30.3 Å². The number of benzene rings is 3. The third kappa shape index (κ3) is 6.59. The first-order valence-electron chi connectivity index (χ1n) is 10.9. The summed E-state index contributed by atoms with van der Waals surface area (Å²) in [4.78, 5) is 23.7. The molecule has 33 heavy (non-hydrogen) atoms. The fraction of sp³-hybridized carbons (Fsp3) is 0.259. The largest absolute Gasteiger partial charge is 0.491 e. The van der Waals surface area contributed by atoms with Gasteiger partial charge in [-0.25, -0.2) is 0 Å². The monoisotopic (exact) mass is 447 g/mol. The van der Waals surface area contributed by atoms with Crippen LogP contribution >= 0.6 is 0 Å². The van der Waals surface area contributed by atoms with Crippen molar-refractivity contribution in [3.63, 3.8) is 0 Å². The normalized spacial score (nSPS) is 10.5. The molecule has 0 saturated carbocycles. The zero-order chi connectivity index (χ0) is 23.8. The first-order valence-corrected chi connectivity index (χ1v) is 10.9. The van der Waals surface area contributed by atoms with Crippen LogP contribution in [0.3, 0.4) is 0 Å². The number of para-hydroxylation sites is 2. The second-order valence-corrected chi connectivity index (χ2v) is 7.93. The molecular weight excluding hydrogens is 418 g/mol. The van der Waals surface area contributed by atoms with Gasteiger partial charge in [0, 0.05) is 12.0 Å². The molecule has 0 saturated heterocycles. The molecule has 0 aliphatic carbocycles. The highest BCUT2D eigenvalue weighted by molar-refractivity contribution is 6.06. The van der Waals surface area contributed by atoms with Gasteiger partial charge < -0.3 is 19.9 Å². The Morgan fingerprint density at radius 1 is 0.848 bits per heavy atom. The molecule has 0 heterocycles.